The molecule has 0 bridgehead atoms. The molecular weight excluding hydrogens is 346 g/mol. The van der Waals surface area contributed by atoms with Gasteiger partial charge in [0.25, 0.3) is 5.56 Å². The van der Waals surface area contributed by atoms with Crippen LogP contribution in [0.3, 0.4) is 0 Å². The highest BCUT2D eigenvalue weighted by Crippen LogP contribution is 2.21. The summed E-state index contributed by atoms with van der Waals surface area (Å²) in [6.45, 7) is 5.50. The summed E-state index contributed by atoms with van der Waals surface area (Å²) >= 11 is 7.58. The Morgan fingerprint density at radius 2 is 2.17 bits per heavy atom. The van der Waals surface area contributed by atoms with Crippen LogP contribution in [0.15, 0.2) is 40.8 Å². The van der Waals surface area contributed by atoms with Gasteiger partial charge in [0.05, 0.1) is 17.4 Å². The standard InChI is InChI=1S/C16H18ClN5OS/c1-11(2)8-22-15(23)13-7-12(17)3-4-14(13)20-16(22)24-6-5-21-10-18-9-19-21/h3-4,7,9-11H,5-6,8H2,1-2H3. The van der Waals surface area contributed by atoms with Crippen molar-refractivity contribution in [3.63, 3.8) is 0 Å². The van der Waals surface area contributed by atoms with Crippen LogP contribution in [-0.4, -0.2) is 30.1 Å². The average molecular weight is 364 g/mol. The van der Waals surface area contributed by atoms with Crippen molar-refractivity contribution in [2.45, 2.75) is 32.1 Å². The van der Waals surface area contributed by atoms with E-state index >= 15 is 0 Å². The lowest BCUT2D eigenvalue weighted by Crippen LogP contribution is -2.25. The van der Waals surface area contributed by atoms with Crippen LogP contribution in [0.5, 0.6) is 0 Å². The molecule has 2 heterocycles. The van der Waals surface area contributed by atoms with Gasteiger partial charge in [-0.2, -0.15) is 5.10 Å². The molecule has 0 saturated heterocycles. The van der Waals surface area contributed by atoms with Crippen molar-refractivity contribution >= 4 is 34.3 Å². The fraction of sp³-hybridized carbons (Fsp3) is 0.375. The largest absolute Gasteiger partial charge is 0.287 e. The van der Waals surface area contributed by atoms with Gasteiger partial charge in [0.15, 0.2) is 5.16 Å². The second-order valence-electron chi connectivity index (χ2n) is 5.87. The highest BCUT2D eigenvalue weighted by molar-refractivity contribution is 7.99. The minimum absolute atomic E-state index is 0.0422. The van der Waals surface area contributed by atoms with E-state index in [0.717, 1.165) is 10.9 Å². The lowest BCUT2D eigenvalue weighted by Gasteiger charge is -2.15. The van der Waals surface area contributed by atoms with E-state index in [1.54, 1.807) is 45.5 Å². The third-order valence-electron chi connectivity index (χ3n) is 3.45. The molecule has 0 aliphatic rings. The molecule has 0 saturated carbocycles. The van der Waals surface area contributed by atoms with Crippen LogP contribution < -0.4 is 5.56 Å². The fourth-order valence-electron chi connectivity index (χ4n) is 2.39. The van der Waals surface area contributed by atoms with Crippen LogP contribution in [0.1, 0.15) is 13.8 Å². The molecule has 2 aromatic heterocycles. The van der Waals surface area contributed by atoms with E-state index < -0.39 is 0 Å². The summed E-state index contributed by atoms with van der Waals surface area (Å²) in [6, 6.07) is 5.24. The van der Waals surface area contributed by atoms with Gasteiger partial charge in [0.2, 0.25) is 0 Å². The third kappa shape index (κ3) is 3.79. The number of hydrogen-bond donors (Lipinski definition) is 0. The van der Waals surface area contributed by atoms with E-state index in [-0.39, 0.29) is 5.56 Å². The molecule has 0 unspecified atom stereocenters. The Hall–Kier alpha value is -1.86. The molecule has 126 valence electrons. The number of benzene rings is 1. The van der Waals surface area contributed by atoms with E-state index in [2.05, 4.69) is 28.9 Å². The van der Waals surface area contributed by atoms with Crippen LogP contribution in [0, 0.1) is 5.92 Å². The lowest BCUT2D eigenvalue weighted by atomic mass is 10.2. The molecule has 0 aliphatic carbocycles. The molecular formula is C16H18ClN5OS. The van der Waals surface area contributed by atoms with Crippen LogP contribution in [0.2, 0.25) is 5.02 Å². The van der Waals surface area contributed by atoms with Crippen LogP contribution >= 0.6 is 23.4 Å². The second-order valence-corrected chi connectivity index (χ2v) is 7.37. The number of thioether (sulfide) groups is 1. The molecule has 24 heavy (non-hydrogen) atoms. The van der Waals surface area contributed by atoms with E-state index in [9.17, 15) is 4.79 Å². The van der Waals surface area contributed by atoms with Crippen LogP contribution in [-0.2, 0) is 13.1 Å². The summed E-state index contributed by atoms with van der Waals surface area (Å²) in [5.41, 5.74) is 0.632. The Morgan fingerprint density at radius 3 is 2.88 bits per heavy atom. The zero-order valence-corrected chi connectivity index (χ0v) is 15.1. The van der Waals surface area contributed by atoms with E-state index in [1.165, 1.54) is 6.33 Å². The van der Waals surface area contributed by atoms with Gasteiger partial charge >= 0.3 is 0 Å². The Labute approximate surface area is 148 Å². The van der Waals surface area contributed by atoms with Crippen molar-refractivity contribution in [1.29, 1.82) is 0 Å². The van der Waals surface area contributed by atoms with Crippen molar-refractivity contribution in [2.75, 3.05) is 5.75 Å². The summed E-state index contributed by atoms with van der Waals surface area (Å²) in [4.78, 5) is 21.5. The van der Waals surface area contributed by atoms with Crippen LogP contribution in [0.25, 0.3) is 10.9 Å². The summed E-state index contributed by atoms with van der Waals surface area (Å²) in [5.74, 6) is 1.10. The van der Waals surface area contributed by atoms with Gasteiger partial charge < -0.3 is 0 Å². The minimum atomic E-state index is -0.0422. The van der Waals surface area contributed by atoms with Gasteiger partial charge in [-0.3, -0.25) is 14.0 Å². The Morgan fingerprint density at radius 1 is 1.33 bits per heavy atom. The van der Waals surface area contributed by atoms with E-state index in [4.69, 9.17) is 11.6 Å². The molecule has 0 atom stereocenters. The second kappa shape index (κ2) is 7.36. The van der Waals surface area contributed by atoms with Crippen molar-refractivity contribution in [3.05, 3.63) is 46.2 Å². The van der Waals surface area contributed by atoms with Gasteiger partial charge in [-0.25, -0.2) is 9.97 Å². The van der Waals surface area contributed by atoms with Gasteiger partial charge in [0.1, 0.15) is 12.7 Å². The molecule has 0 amide bonds. The molecule has 0 N–H and O–H groups in total. The van der Waals surface area contributed by atoms with Crippen LogP contribution in [0.4, 0.5) is 0 Å². The Kier molecular flexibility index (Phi) is 5.20. The zero-order chi connectivity index (χ0) is 17.1. The van der Waals surface area contributed by atoms with Crippen molar-refractivity contribution in [2.24, 2.45) is 5.92 Å². The zero-order valence-electron chi connectivity index (χ0n) is 13.5. The minimum Gasteiger partial charge on any atom is -0.287 e. The molecule has 1 aromatic carbocycles. The third-order valence-corrected chi connectivity index (χ3v) is 4.64. The predicted molar refractivity (Wildman–Crippen MR) is 96.6 cm³/mol. The Balaban J connectivity index is 1.94. The van der Waals surface area contributed by atoms with Crippen molar-refractivity contribution < 1.29 is 0 Å². The number of fused-ring (bicyclic) bond motifs is 1. The molecule has 0 radical (unpaired) electrons. The summed E-state index contributed by atoms with van der Waals surface area (Å²) in [5, 5.41) is 5.91. The van der Waals surface area contributed by atoms with Gasteiger partial charge in [-0.15, -0.1) is 0 Å². The molecule has 3 rings (SSSR count). The van der Waals surface area contributed by atoms with Gasteiger partial charge in [-0.05, 0) is 24.1 Å². The number of aromatic nitrogens is 5. The first-order valence-electron chi connectivity index (χ1n) is 7.70. The van der Waals surface area contributed by atoms with E-state index in [0.29, 0.717) is 34.9 Å². The maximum absolute atomic E-state index is 12.9. The van der Waals surface area contributed by atoms with Crippen molar-refractivity contribution in [3.8, 4) is 0 Å². The van der Waals surface area contributed by atoms with Crippen molar-refractivity contribution in [1.82, 2.24) is 24.3 Å². The quantitative estimate of drug-likeness (QED) is 0.497. The molecule has 6 nitrogen and oxygen atoms in total. The number of halogens is 1. The fourth-order valence-corrected chi connectivity index (χ4v) is 3.50. The highest BCUT2D eigenvalue weighted by Gasteiger charge is 2.13. The first-order valence-corrected chi connectivity index (χ1v) is 9.06. The maximum atomic E-state index is 12.9. The number of aryl methyl sites for hydroxylation is 1. The molecule has 0 spiro atoms. The molecule has 8 heteroatoms. The SMILES string of the molecule is CC(C)Cn1c(SCCn2cncn2)nc2ccc(Cl)cc2c1=O. The number of rotatable bonds is 6. The monoisotopic (exact) mass is 363 g/mol. The summed E-state index contributed by atoms with van der Waals surface area (Å²) in [7, 11) is 0. The normalized spacial score (nSPS) is 11.5. The van der Waals surface area contributed by atoms with Gasteiger partial charge in [0, 0.05) is 17.3 Å². The summed E-state index contributed by atoms with van der Waals surface area (Å²) in [6.07, 6.45) is 3.19. The highest BCUT2D eigenvalue weighted by atomic mass is 35.5. The smallest absolute Gasteiger partial charge is 0.262 e. The number of nitrogens with zero attached hydrogens (tertiary/aromatic N) is 5. The first kappa shape index (κ1) is 17.0. The average Bonchev–Trinajstić information content (AvgIpc) is 3.05. The van der Waals surface area contributed by atoms with Gasteiger partial charge in [-0.1, -0.05) is 37.2 Å². The first-order chi connectivity index (χ1) is 11.5. The number of hydrogen-bond acceptors (Lipinski definition) is 5. The predicted octanol–water partition coefficient (Wildman–Crippen LogP) is 3.09. The molecule has 0 aliphatic heterocycles. The topological polar surface area (TPSA) is 65.6 Å². The molecule has 0 fully saturated rings. The summed E-state index contributed by atoms with van der Waals surface area (Å²) < 4.78 is 3.51. The lowest BCUT2D eigenvalue weighted by molar-refractivity contribution is 0.475. The van der Waals surface area contributed by atoms with E-state index in [1.807, 2.05) is 0 Å². The maximum Gasteiger partial charge on any atom is 0.262 e. The molecule has 3 aromatic rings. The Bertz CT molecular complexity index is 891.